The summed E-state index contributed by atoms with van der Waals surface area (Å²) in [5.74, 6) is -3.36. The molecule has 0 aromatic carbocycles. The number of ether oxygens (including phenoxy) is 1. The number of alkyl halides is 2. The SMILES string of the molecule is Cc1cc(OCC(C)(C)C(=O)O)ncc1-c1ccc(-c2ncc(C(C)(F)F)[nH]2)nc1. The zero-order chi connectivity index (χ0) is 22.1. The molecule has 0 aliphatic rings. The van der Waals surface area contributed by atoms with Crippen LogP contribution in [0.25, 0.3) is 22.6 Å². The predicted molar refractivity (Wildman–Crippen MR) is 106 cm³/mol. The van der Waals surface area contributed by atoms with Crippen LogP contribution in [0, 0.1) is 12.3 Å². The summed E-state index contributed by atoms with van der Waals surface area (Å²) < 4.78 is 32.3. The second-order valence-corrected chi connectivity index (χ2v) is 7.78. The van der Waals surface area contributed by atoms with Gasteiger partial charge in [0.05, 0.1) is 11.6 Å². The lowest BCUT2D eigenvalue weighted by Crippen LogP contribution is -2.30. The first kappa shape index (κ1) is 21.4. The molecular weight excluding hydrogens is 394 g/mol. The molecule has 0 saturated heterocycles. The fraction of sp³-hybridized carbons (Fsp3) is 0.333. The molecule has 3 rings (SSSR count). The molecule has 0 atom stereocenters. The van der Waals surface area contributed by atoms with Crippen molar-refractivity contribution in [2.45, 2.75) is 33.6 Å². The van der Waals surface area contributed by atoms with E-state index in [2.05, 4.69) is 19.9 Å². The fourth-order valence-electron chi connectivity index (χ4n) is 2.60. The van der Waals surface area contributed by atoms with Crippen LogP contribution >= 0.6 is 0 Å². The van der Waals surface area contributed by atoms with Crippen molar-refractivity contribution in [3.05, 3.63) is 48.0 Å². The summed E-state index contributed by atoms with van der Waals surface area (Å²) in [6, 6.07) is 5.21. The molecule has 3 aromatic rings. The predicted octanol–water partition coefficient (Wildman–Crippen LogP) is 4.44. The summed E-state index contributed by atoms with van der Waals surface area (Å²) in [5.41, 5.74) is 1.61. The Kier molecular flexibility index (Phi) is 5.56. The number of hydrogen-bond donors (Lipinski definition) is 2. The first-order valence-electron chi connectivity index (χ1n) is 9.20. The fourth-order valence-corrected chi connectivity index (χ4v) is 2.60. The zero-order valence-electron chi connectivity index (χ0n) is 17.0. The zero-order valence-corrected chi connectivity index (χ0v) is 17.0. The molecule has 30 heavy (non-hydrogen) atoms. The van der Waals surface area contributed by atoms with E-state index >= 15 is 0 Å². The summed E-state index contributed by atoms with van der Waals surface area (Å²) in [6.45, 7) is 5.82. The van der Waals surface area contributed by atoms with Gasteiger partial charge in [-0.25, -0.2) is 9.97 Å². The number of carboxylic acid groups (broad SMARTS) is 1. The highest BCUT2D eigenvalue weighted by Gasteiger charge is 2.28. The van der Waals surface area contributed by atoms with Gasteiger partial charge in [-0.05, 0) is 32.4 Å². The largest absolute Gasteiger partial charge is 0.481 e. The van der Waals surface area contributed by atoms with Gasteiger partial charge in [-0.1, -0.05) is 6.07 Å². The third-order valence-electron chi connectivity index (χ3n) is 4.61. The molecule has 0 amide bonds. The van der Waals surface area contributed by atoms with Gasteiger partial charge in [-0.2, -0.15) is 8.78 Å². The van der Waals surface area contributed by atoms with Crippen molar-refractivity contribution in [3.63, 3.8) is 0 Å². The van der Waals surface area contributed by atoms with Crippen LogP contribution in [0.3, 0.4) is 0 Å². The lowest BCUT2D eigenvalue weighted by atomic mass is 9.95. The Bertz CT molecular complexity index is 1060. The molecule has 3 aromatic heterocycles. The number of carbonyl (C=O) groups is 1. The monoisotopic (exact) mass is 416 g/mol. The van der Waals surface area contributed by atoms with Crippen LogP contribution in [0.4, 0.5) is 8.78 Å². The van der Waals surface area contributed by atoms with E-state index in [1.54, 1.807) is 44.4 Å². The number of H-pyrrole nitrogens is 1. The van der Waals surface area contributed by atoms with Crippen LogP contribution in [0.2, 0.25) is 0 Å². The van der Waals surface area contributed by atoms with E-state index in [9.17, 15) is 13.6 Å². The number of rotatable bonds is 7. The highest BCUT2D eigenvalue weighted by Crippen LogP contribution is 2.29. The van der Waals surface area contributed by atoms with Crippen LogP contribution in [-0.2, 0) is 10.7 Å². The molecule has 0 radical (unpaired) electrons. The van der Waals surface area contributed by atoms with Crippen LogP contribution < -0.4 is 4.74 Å². The number of halogens is 2. The van der Waals surface area contributed by atoms with Gasteiger partial charge in [0.25, 0.3) is 5.92 Å². The van der Waals surface area contributed by atoms with E-state index in [0.29, 0.717) is 11.6 Å². The Labute approximate surface area is 172 Å². The van der Waals surface area contributed by atoms with Gasteiger partial charge in [-0.15, -0.1) is 0 Å². The van der Waals surface area contributed by atoms with Gasteiger partial charge in [-0.3, -0.25) is 9.78 Å². The van der Waals surface area contributed by atoms with E-state index in [1.807, 2.05) is 6.92 Å². The first-order chi connectivity index (χ1) is 14.0. The minimum absolute atomic E-state index is 0.00763. The quantitative estimate of drug-likeness (QED) is 0.590. The molecule has 3 heterocycles. The Morgan fingerprint density at radius 3 is 2.40 bits per heavy atom. The topological polar surface area (TPSA) is 101 Å². The molecular formula is C21H22F2N4O3. The standard InChI is InChI=1S/C21H22F2N4O3/c1-12-7-17(30-11-20(2,3)19(28)29)25-9-14(12)13-5-6-15(24-8-13)18-26-10-16(27-18)21(4,22)23/h5-10H,11H2,1-4H3,(H,26,27)(H,28,29). The van der Waals surface area contributed by atoms with Gasteiger partial charge in [0.1, 0.15) is 18.0 Å². The summed E-state index contributed by atoms with van der Waals surface area (Å²) in [4.78, 5) is 26.3. The van der Waals surface area contributed by atoms with E-state index in [0.717, 1.165) is 29.8 Å². The van der Waals surface area contributed by atoms with E-state index in [4.69, 9.17) is 9.84 Å². The number of pyridine rings is 2. The van der Waals surface area contributed by atoms with Crippen LogP contribution in [0.15, 0.2) is 36.8 Å². The summed E-state index contributed by atoms with van der Waals surface area (Å²) in [6.07, 6.45) is 4.33. The molecule has 9 heteroatoms. The smallest absolute Gasteiger partial charge is 0.312 e. The van der Waals surface area contributed by atoms with Gasteiger partial charge in [0.15, 0.2) is 5.82 Å². The minimum Gasteiger partial charge on any atom is -0.481 e. The maximum atomic E-state index is 13.4. The summed E-state index contributed by atoms with van der Waals surface area (Å²) >= 11 is 0. The van der Waals surface area contributed by atoms with Crippen molar-refractivity contribution in [3.8, 4) is 28.5 Å². The Hall–Kier alpha value is -3.36. The van der Waals surface area contributed by atoms with Gasteiger partial charge in [0, 0.05) is 36.5 Å². The van der Waals surface area contributed by atoms with E-state index in [-0.39, 0.29) is 18.1 Å². The third-order valence-corrected chi connectivity index (χ3v) is 4.61. The molecule has 2 N–H and O–H groups in total. The van der Waals surface area contributed by atoms with Gasteiger partial charge in [0.2, 0.25) is 5.88 Å². The number of aryl methyl sites for hydroxylation is 1. The molecule has 0 bridgehead atoms. The summed E-state index contributed by atoms with van der Waals surface area (Å²) in [7, 11) is 0. The number of imidazole rings is 1. The molecule has 0 aliphatic heterocycles. The number of aromatic amines is 1. The molecule has 0 spiro atoms. The van der Waals surface area contributed by atoms with Gasteiger partial charge < -0.3 is 14.8 Å². The molecule has 0 aliphatic carbocycles. The number of hydrogen-bond acceptors (Lipinski definition) is 5. The molecule has 7 nitrogen and oxygen atoms in total. The summed E-state index contributed by atoms with van der Waals surface area (Å²) in [5, 5.41) is 9.16. The maximum absolute atomic E-state index is 13.4. The van der Waals surface area contributed by atoms with Crippen molar-refractivity contribution < 1.29 is 23.4 Å². The normalized spacial score (nSPS) is 12.1. The first-order valence-corrected chi connectivity index (χ1v) is 9.20. The van der Waals surface area contributed by atoms with E-state index in [1.165, 1.54) is 0 Å². The number of carboxylic acids is 1. The Balaban J connectivity index is 1.76. The second kappa shape index (κ2) is 7.81. The average molecular weight is 416 g/mol. The van der Waals surface area contributed by atoms with Crippen molar-refractivity contribution in [2.24, 2.45) is 5.41 Å². The van der Waals surface area contributed by atoms with Gasteiger partial charge >= 0.3 is 5.97 Å². The number of aromatic nitrogens is 4. The van der Waals surface area contributed by atoms with Crippen molar-refractivity contribution >= 4 is 5.97 Å². The molecule has 0 unspecified atom stereocenters. The third kappa shape index (κ3) is 4.61. The van der Waals surface area contributed by atoms with E-state index < -0.39 is 17.3 Å². The molecule has 0 fully saturated rings. The number of nitrogens with one attached hydrogen (secondary N) is 1. The Morgan fingerprint density at radius 1 is 1.13 bits per heavy atom. The molecule has 0 saturated carbocycles. The maximum Gasteiger partial charge on any atom is 0.312 e. The number of nitrogens with zero attached hydrogens (tertiary/aromatic N) is 3. The van der Waals surface area contributed by atoms with Crippen molar-refractivity contribution in [1.29, 1.82) is 0 Å². The lowest BCUT2D eigenvalue weighted by molar-refractivity contribution is -0.148. The molecule has 158 valence electrons. The van der Waals surface area contributed by atoms with Crippen molar-refractivity contribution in [2.75, 3.05) is 6.61 Å². The Morgan fingerprint density at radius 2 is 1.87 bits per heavy atom. The lowest BCUT2D eigenvalue weighted by Gasteiger charge is -2.19. The van der Waals surface area contributed by atoms with Crippen LogP contribution in [0.5, 0.6) is 5.88 Å². The second-order valence-electron chi connectivity index (χ2n) is 7.78. The highest BCUT2D eigenvalue weighted by atomic mass is 19.3. The minimum atomic E-state index is -3.00. The van der Waals surface area contributed by atoms with Crippen LogP contribution in [0.1, 0.15) is 32.0 Å². The average Bonchev–Trinajstić information content (AvgIpc) is 3.17. The number of aliphatic carboxylic acids is 1. The van der Waals surface area contributed by atoms with Crippen LogP contribution in [-0.4, -0.2) is 37.6 Å². The van der Waals surface area contributed by atoms with Crippen molar-refractivity contribution in [1.82, 2.24) is 19.9 Å². The highest BCUT2D eigenvalue weighted by molar-refractivity contribution is 5.73.